The van der Waals surface area contributed by atoms with Crippen LogP contribution in [-0.2, 0) is 27.8 Å². The molecule has 1 aliphatic heterocycles. The lowest BCUT2D eigenvalue weighted by atomic mass is 9.99. The highest BCUT2D eigenvalue weighted by atomic mass is 32.2. The molecule has 1 aliphatic rings. The van der Waals surface area contributed by atoms with Gasteiger partial charge in [-0.15, -0.1) is 0 Å². The molecule has 8 nitrogen and oxygen atoms in total. The molecule has 1 N–H and O–H groups in total. The fourth-order valence-electron chi connectivity index (χ4n) is 3.07. The average molecular weight is 389 g/mol. The number of nitro benzene ring substituents is 1. The van der Waals surface area contributed by atoms with Gasteiger partial charge in [-0.2, -0.15) is 4.72 Å². The van der Waals surface area contributed by atoms with Crippen molar-refractivity contribution >= 4 is 21.6 Å². The Bertz CT molecular complexity index is 990. The van der Waals surface area contributed by atoms with Crippen molar-refractivity contribution in [1.82, 2.24) is 9.62 Å². The molecule has 142 valence electrons. The Morgan fingerprint density at radius 1 is 1.19 bits per heavy atom. The van der Waals surface area contributed by atoms with Gasteiger partial charge in [0.25, 0.3) is 5.69 Å². The number of carbonyl (C=O) groups is 1. The standard InChI is InChI=1S/C18H19N3O5S/c1-13(18(22)20-10-9-14-5-2-3-6-15(14)12-20)19-27(25,26)17-8-4-7-16(11-17)21(23)24/h2-8,11,13,19H,9-10,12H2,1H3/t13-/m0/s1. The summed E-state index contributed by atoms with van der Waals surface area (Å²) in [6.45, 7) is 2.41. The van der Waals surface area contributed by atoms with Crippen molar-refractivity contribution in [3.8, 4) is 0 Å². The van der Waals surface area contributed by atoms with E-state index in [0.717, 1.165) is 11.6 Å². The molecule has 0 bridgehead atoms. The van der Waals surface area contributed by atoms with Crippen molar-refractivity contribution in [2.24, 2.45) is 0 Å². The van der Waals surface area contributed by atoms with Crippen LogP contribution in [0.2, 0.25) is 0 Å². The largest absolute Gasteiger partial charge is 0.337 e. The number of fused-ring (bicyclic) bond motifs is 1. The smallest absolute Gasteiger partial charge is 0.270 e. The second-order valence-electron chi connectivity index (χ2n) is 6.38. The van der Waals surface area contributed by atoms with Crippen LogP contribution in [0, 0.1) is 10.1 Å². The van der Waals surface area contributed by atoms with Gasteiger partial charge >= 0.3 is 0 Å². The highest BCUT2D eigenvalue weighted by Gasteiger charge is 2.28. The number of non-ortho nitro benzene ring substituents is 1. The second kappa shape index (κ2) is 7.45. The van der Waals surface area contributed by atoms with Crippen LogP contribution in [0.15, 0.2) is 53.4 Å². The Labute approximate surface area is 157 Å². The summed E-state index contributed by atoms with van der Waals surface area (Å²) in [5.74, 6) is -0.335. The third-order valence-electron chi connectivity index (χ3n) is 4.48. The second-order valence-corrected chi connectivity index (χ2v) is 8.09. The molecule has 0 aromatic heterocycles. The Hall–Kier alpha value is -2.78. The van der Waals surface area contributed by atoms with Crippen molar-refractivity contribution in [1.29, 1.82) is 0 Å². The van der Waals surface area contributed by atoms with Crippen molar-refractivity contribution < 1.29 is 18.1 Å². The maximum Gasteiger partial charge on any atom is 0.270 e. The first-order chi connectivity index (χ1) is 12.8. The molecule has 0 radical (unpaired) electrons. The summed E-state index contributed by atoms with van der Waals surface area (Å²) in [7, 11) is -4.06. The molecule has 27 heavy (non-hydrogen) atoms. The highest BCUT2D eigenvalue weighted by molar-refractivity contribution is 7.89. The van der Waals surface area contributed by atoms with Gasteiger partial charge in [0, 0.05) is 25.2 Å². The van der Waals surface area contributed by atoms with Crippen LogP contribution >= 0.6 is 0 Å². The lowest BCUT2D eigenvalue weighted by Gasteiger charge is -2.31. The van der Waals surface area contributed by atoms with E-state index >= 15 is 0 Å². The molecule has 1 atom stereocenters. The average Bonchev–Trinajstić information content (AvgIpc) is 2.66. The van der Waals surface area contributed by atoms with Gasteiger partial charge in [-0.3, -0.25) is 14.9 Å². The van der Waals surface area contributed by atoms with Gasteiger partial charge in [-0.1, -0.05) is 30.3 Å². The highest BCUT2D eigenvalue weighted by Crippen LogP contribution is 2.20. The summed E-state index contributed by atoms with van der Waals surface area (Å²) in [4.78, 5) is 24.2. The third kappa shape index (κ3) is 4.15. The SMILES string of the molecule is C[C@H](NS(=O)(=O)c1cccc([N+](=O)[O-])c1)C(=O)N1CCc2ccccc2C1. The van der Waals surface area contributed by atoms with Crippen LogP contribution < -0.4 is 4.72 Å². The minimum absolute atomic E-state index is 0.250. The zero-order valence-corrected chi connectivity index (χ0v) is 15.5. The first-order valence-electron chi connectivity index (χ1n) is 8.40. The zero-order chi connectivity index (χ0) is 19.6. The normalized spacial score (nSPS) is 15.1. The van der Waals surface area contributed by atoms with Crippen molar-refractivity contribution in [3.63, 3.8) is 0 Å². The lowest BCUT2D eigenvalue weighted by Crippen LogP contribution is -2.48. The molecule has 0 aliphatic carbocycles. The minimum Gasteiger partial charge on any atom is -0.337 e. The quantitative estimate of drug-likeness (QED) is 0.620. The fraction of sp³-hybridized carbons (Fsp3) is 0.278. The van der Waals surface area contributed by atoms with Crippen LogP contribution in [0.4, 0.5) is 5.69 Å². The topological polar surface area (TPSA) is 110 Å². The van der Waals surface area contributed by atoms with Gasteiger partial charge in [0.1, 0.15) is 0 Å². The van der Waals surface area contributed by atoms with Gasteiger partial charge in [0.15, 0.2) is 0 Å². The summed E-state index contributed by atoms with van der Waals surface area (Å²) in [6.07, 6.45) is 0.715. The lowest BCUT2D eigenvalue weighted by molar-refractivity contribution is -0.385. The van der Waals surface area contributed by atoms with Crippen LogP contribution in [-0.4, -0.2) is 36.7 Å². The summed E-state index contributed by atoms with van der Waals surface area (Å²) in [5.41, 5.74) is 1.90. The van der Waals surface area contributed by atoms with E-state index in [4.69, 9.17) is 0 Å². The van der Waals surface area contributed by atoms with E-state index in [9.17, 15) is 23.3 Å². The monoisotopic (exact) mass is 389 g/mol. The Morgan fingerprint density at radius 2 is 1.89 bits per heavy atom. The number of carbonyl (C=O) groups excluding carboxylic acids is 1. The number of nitrogens with one attached hydrogen (secondary N) is 1. The van der Waals surface area contributed by atoms with Crippen LogP contribution in [0.5, 0.6) is 0 Å². The van der Waals surface area contributed by atoms with Gasteiger partial charge in [0.05, 0.1) is 15.9 Å². The van der Waals surface area contributed by atoms with E-state index in [1.807, 2.05) is 24.3 Å². The number of nitrogens with zero attached hydrogens (tertiary/aromatic N) is 2. The number of sulfonamides is 1. The molecule has 0 saturated carbocycles. The predicted octanol–water partition coefficient (Wildman–Crippen LogP) is 1.85. The van der Waals surface area contributed by atoms with Crippen molar-refractivity contribution in [2.75, 3.05) is 6.54 Å². The number of hydrogen-bond acceptors (Lipinski definition) is 5. The fourth-order valence-corrected chi connectivity index (χ4v) is 4.31. The Balaban J connectivity index is 1.73. The molecule has 1 amide bonds. The number of hydrogen-bond donors (Lipinski definition) is 1. The number of amides is 1. The molecule has 2 aromatic carbocycles. The van der Waals surface area contributed by atoms with Crippen molar-refractivity contribution in [3.05, 3.63) is 69.8 Å². The molecule has 2 aromatic rings. The van der Waals surface area contributed by atoms with Crippen molar-refractivity contribution in [2.45, 2.75) is 30.8 Å². The van der Waals surface area contributed by atoms with Gasteiger partial charge < -0.3 is 4.90 Å². The zero-order valence-electron chi connectivity index (χ0n) is 14.7. The van der Waals surface area contributed by atoms with Gasteiger partial charge in [0.2, 0.25) is 15.9 Å². The maximum atomic E-state index is 12.7. The first kappa shape index (κ1) is 19.0. The molecule has 0 fully saturated rings. The molecule has 0 spiro atoms. The van der Waals surface area contributed by atoms with Crippen LogP contribution in [0.1, 0.15) is 18.1 Å². The summed E-state index contributed by atoms with van der Waals surface area (Å²) in [5, 5.41) is 10.8. The molecule has 0 unspecified atom stereocenters. The first-order valence-corrected chi connectivity index (χ1v) is 9.88. The molecular weight excluding hydrogens is 370 g/mol. The summed E-state index contributed by atoms with van der Waals surface area (Å²) < 4.78 is 27.3. The molecule has 3 rings (SSSR count). The maximum absolute atomic E-state index is 12.7. The van der Waals surface area contributed by atoms with E-state index in [2.05, 4.69) is 4.72 Å². The van der Waals surface area contributed by atoms with Crippen LogP contribution in [0.25, 0.3) is 0 Å². The van der Waals surface area contributed by atoms with Gasteiger partial charge in [-0.05, 0) is 30.5 Å². The van der Waals surface area contributed by atoms with E-state index in [-0.39, 0.29) is 16.5 Å². The number of benzene rings is 2. The van der Waals surface area contributed by atoms with E-state index < -0.39 is 21.0 Å². The number of rotatable bonds is 5. The van der Waals surface area contributed by atoms with E-state index in [1.54, 1.807) is 4.90 Å². The molecule has 1 heterocycles. The predicted molar refractivity (Wildman–Crippen MR) is 98.4 cm³/mol. The Morgan fingerprint density at radius 3 is 2.59 bits per heavy atom. The Kier molecular flexibility index (Phi) is 5.24. The van der Waals surface area contributed by atoms with E-state index in [1.165, 1.54) is 30.7 Å². The summed E-state index contributed by atoms with van der Waals surface area (Å²) in [6, 6.07) is 11.6. The number of nitro groups is 1. The molecule has 9 heteroatoms. The molecule has 0 saturated heterocycles. The van der Waals surface area contributed by atoms with E-state index in [0.29, 0.717) is 19.5 Å². The molecular formula is C18H19N3O5S. The minimum atomic E-state index is -4.06. The third-order valence-corrected chi connectivity index (χ3v) is 6.02. The van der Waals surface area contributed by atoms with Gasteiger partial charge in [-0.25, -0.2) is 8.42 Å². The van der Waals surface area contributed by atoms with Crippen LogP contribution in [0.3, 0.4) is 0 Å². The summed E-state index contributed by atoms with van der Waals surface area (Å²) >= 11 is 0.